The molecular formula is C39H43N3O6Si. The van der Waals surface area contributed by atoms with E-state index in [9.17, 15) is 19.5 Å². The molecule has 2 aliphatic rings. The molecule has 6 rings (SSSR count). The third kappa shape index (κ3) is 6.51. The van der Waals surface area contributed by atoms with Gasteiger partial charge in [-0.2, -0.15) is 0 Å². The summed E-state index contributed by atoms with van der Waals surface area (Å²) in [6.07, 6.45) is -0.550. The smallest absolute Gasteiger partial charge is 0.261 e. The van der Waals surface area contributed by atoms with Gasteiger partial charge in [-0.25, -0.2) is 0 Å². The Morgan fingerprint density at radius 2 is 1.65 bits per heavy atom. The molecule has 4 aromatic rings. The predicted molar refractivity (Wildman–Crippen MR) is 193 cm³/mol. The van der Waals surface area contributed by atoms with Crippen LogP contribution in [0.5, 0.6) is 5.75 Å². The van der Waals surface area contributed by atoms with Crippen molar-refractivity contribution in [2.24, 2.45) is 5.92 Å². The molecule has 4 atom stereocenters. The summed E-state index contributed by atoms with van der Waals surface area (Å²) in [5.41, 5.74) is 1.75. The Morgan fingerprint density at radius 3 is 2.31 bits per heavy atom. The van der Waals surface area contributed by atoms with E-state index < -0.39 is 19.8 Å². The van der Waals surface area contributed by atoms with E-state index >= 15 is 0 Å². The van der Waals surface area contributed by atoms with Gasteiger partial charge in [0.25, 0.3) is 11.8 Å². The predicted octanol–water partition coefficient (Wildman–Crippen LogP) is 5.53. The lowest BCUT2D eigenvalue weighted by Gasteiger charge is -2.37. The molecule has 2 heterocycles. The minimum absolute atomic E-state index is 0.0449. The average Bonchev–Trinajstić information content (AvgIpc) is 3.57. The number of aliphatic hydroxyl groups is 1. The topological polar surface area (TPSA) is 117 Å². The number of carbonyl (C=O) groups is 3. The SMILES string of the molecule is COc1ccc([Si](C)(C)[C@@H]2[C@@H](CC(=O)N(CCO)Cc3ccccc3)O[C@]3(C(=O)Nc4ccc(NC(=O)c5ccccc5)cc43)[C@H]2C)cc1. The van der Waals surface area contributed by atoms with Crippen molar-refractivity contribution in [1.82, 2.24) is 4.90 Å². The van der Waals surface area contributed by atoms with Crippen LogP contribution in [-0.2, 0) is 26.5 Å². The third-order valence-electron chi connectivity index (χ3n) is 10.2. The molecule has 0 aliphatic carbocycles. The van der Waals surface area contributed by atoms with Crippen molar-refractivity contribution >= 4 is 42.4 Å². The van der Waals surface area contributed by atoms with Gasteiger partial charge in [-0.05, 0) is 53.6 Å². The van der Waals surface area contributed by atoms with Gasteiger partial charge in [0.15, 0.2) is 5.60 Å². The number of anilines is 2. The molecule has 9 nitrogen and oxygen atoms in total. The minimum Gasteiger partial charge on any atom is -0.497 e. The van der Waals surface area contributed by atoms with Gasteiger partial charge in [0, 0.05) is 41.5 Å². The quantitative estimate of drug-likeness (QED) is 0.180. The number of nitrogens with zero attached hydrogens (tertiary/aromatic N) is 1. The summed E-state index contributed by atoms with van der Waals surface area (Å²) in [6, 6.07) is 32.1. The van der Waals surface area contributed by atoms with Gasteiger partial charge in [0.1, 0.15) is 5.75 Å². The molecule has 2 aliphatic heterocycles. The molecule has 49 heavy (non-hydrogen) atoms. The zero-order valence-corrected chi connectivity index (χ0v) is 29.3. The fourth-order valence-corrected chi connectivity index (χ4v) is 11.7. The molecule has 0 radical (unpaired) electrons. The molecule has 3 amide bonds. The Labute approximate surface area is 288 Å². The number of benzene rings is 4. The molecule has 0 bridgehead atoms. The summed E-state index contributed by atoms with van der Waals surface area (Å²) in [5.74, 6) is -0.265. The van der Waals surface area contributed by atoms with Crippen LogP contribution < -0.4 is 20.6 Å². The molecular weight excluding hydrogens is 635 g/mol. The third-order valence-corrected chi connectivity index (χ3v) is 14.6. The lowest BCUT2D eigenvalue weighted by Crippen LogP contribution is -2.52. The van der Waals surface area contributed by atoms with Crippen LogP contribution in [0.25, 0.3) is 0 Å². The maximum atomic E-state index is 14.2. The van der Waals surface area contributed by atoms with Gasteiger partial charge in [0.05, 0.1) is 34.3 Å². The Bertz CT molecular complexity index is 1820. The summed E-state index contributed by atoms with van der Waals surface area (Å²) in [4.78, 5) is 43.0. The first-order valence-corrected chi connectivity index (χ1v) is 19.7. The zero-order valence-electron chi connectivity index (χ0n) is 28.3. The minimum atomic E-state index is -2.48. The van der Waals surface area contributed by atoms with Crippen molar-refractivity contribution in [2.75, 3.05) is 30.9 Å². The van der Waals surface area contributed by atoms with Crippen LogP contribution in [0.1, 0.15) is 34.8 Å². The van der Waals surface area contributed by atoms with Crippen molar-refractivity contribution in [3.63, 3.8) is 0 Å². The molecule has 1 spiro atoms. The number of nitrogens with one attached hydrogen (secondary N) is 2. The number of aliphatic hydroxyl groups excluding tert-OH is 1. The molecule has 10 heteroatoms. The van der Waals surface area contributed by atoms with E-state index in [1.807, 2.05) is 61.5 Å². The van der Waals surface area contributed by atoms with E-state index in [1.165, 1.54) is 0 Å². The second kappa shape index (κ2) is 14.0. The molecule has 4 aromatic carbocycles. The first kappa shape index (κ1) is 34.1. The van der Waals surface area contributed by atoms with Gasteiger partial charge in [-0.1, -0.05) is 85.9 Å². The van der Waals surface area contributed by atoms with Crippen LogP contribution in [-0.4, -0.2) is 62.2 Å². The van der Waals surface area contributed by atoms with Crippen molar-refractivity contribution in [3.8, 4) is 5.75 Å². The van der Waals surface area contributed by atoms with Crippen molar-refractivity contribution < 1.29 is 29.0 Å². The van der Waals surface area contributed by atoms with Gasteiger partial charge < -0.3 is 30.1 Å². The average molecular weight is 678 g/mol. The molecule has 254 valence electrons. The molecule has 3 N–H and O–H groups in total. The van der Waals surface area contributed by atoms with Crippen LogP contribution in [0.3, 0.4) is 0 Å². The van der Waals surface area contributed by atoms with Crippen LogP contribution in [0.4, 0.5) is 11.4 Å². The summed E-state index contributed by atoms with van der Waals surface area (Å²) in [5, 5.41) is 17.1. The van der Waals surface area contributed by atoms with Crippen LogP contribution in [0, 0.1) is 5.92 Å². The number of hydrogen-bond acceptors (Lipinski definition) is 6. The number of rotatable bonds is 11. The summed E-state index contributed by atoms with van der Waals surface area (Å²) >= 11 is 0. The molecule has 0 aromatic heterocycles. The summed E-state index contributed by atoms with van der Waals surface area (Å²) < 4.78 is 12.4. The standard InChI is InChI=1S/C39H43N3O6Si/c1-26-36(49(3,4)31-18-16-30(47-2)17-19-31)34(24-35(44)42(21-22-43)25-27-11-7-5-8-12-27)48-39(26)32-23-29(15-20-33(32)41-38(39)46)40-37(45)28-13-9-6-10-14-28/h5-20,23,26,34,36,43H,21-22,24-25H2,1-4H3,(H,40,45)(H,41,46)/t26-,34+,36-,39+/m0/s1. The maximum Gasteiger partial charge on any atom is 0.261 e. The van der Waals surface area contributed by atoms with Crippen LogP contribution in [0.2, 0.25) is 18.6 Å². The molecule has 1 fully saturated rings. The second-order valence-electron chi connectivity index (χ2n) is 13.4. The van der Waals surface area contributed by atoms with E-state index in [0.29, 0.717) is 29.0 Å². The highest BCUT2D eigenvalue weighted by atomic mass is 28.3. The number of methoxy groups -OCH3 is 1. The number of fused-ring (bicyclic) bond motifs is 2. The number of amides is 3. The Hall–Kier alpha value is -4.77. The second-order valence-corrected chi connectivity index (χ2v) is 18.1. The van der Waals surface area contributed by atoms with E-state index in [1.54, 1.807) is 48.4 Å². The Balaban J connectivity index is 1.38. The van der Waals surface area contributed by atoms with Gasteiger partial charge >= 0.3 is 0 Å². The fraction of sp³-hybridized carbons (Fsp3) is 0.308. The van der Waals surface area contributed by atoms with Gasteiger partial charge in [0.2, 0.25) is 5.91 Å². The van der Waals surface area contributed by atoms with Gasteiger partial charge in [-0.3, -0.25) is 14.4 Å². The number of carbonyl (C=O) groups excluding carboxylic acids is 3. The summed E-state index contributed by atoms with van der Waals surface area (Å²) in [6.45, 7) is 6.93. The summed E-state index contributed by atoms with van der Waals surface area (Å²) in [7, 11) is -0.846. The normalized spacial score (nSPS) is 21.2. The lowest BCUT2D eigenvalue weighted by molar-refractivity contribution is -0.148. The van der Waals surface area contributed by atoms with Crippen LogP contribution in [0.15, 0.2) is 103 Å². The van der Waals surface area contributed by atoms with Crippen molar-refractivity contribution in [3.05, 3.63) is 120 Å². The molecule has 1 saturated heterocycles. The number of ether oxygens (including phenoxy) is 2. The van der Waals surface area contributed by atoms with E-state index in [-0.39, 0.29) is 48.8 Å². The highest BCUT2D eigenvalue weighted by Crippen LogP contribution is 2.59. The molecule has 0 saturated carbocycles. The van der Waals surface area contributed by atoms with Gasteiger partial charge in [-0.15, -0.1) is 0 Å². The highest BCUT2D eigenvalue weighted by Gasteiger charge is 2.65. The molecule has 0 unspecified atom stereocenters. The Kier molecular flexibility index (Phi) is 9.74. The highest BCUT2D eigenvalue weighted by molar-refractivity contribution is 6.91. The van der Waals surface area contributed by atoms with Crippen molar-refractivity contribution in [2.45, 2.75) is 50.2 Å². The van der Waals surface area contributed by atoms with E-state index in [2.05, 4.69) is 35.9 Å². The van der Waals surface area contributed by atoms with E-state index in [0.717, 1.165) is 16.5 Å². The fourth-order valence-electron chi connectivity index (χ4n) is 7.72. The van der Waals surface area contributed by atoms with Crippen molar-refractivity contribution in [1.29, 1.82) is 0 Å². The maximum absolute atomic E-state index is 14.2. The monoisotopic (exact) mass is 677 g/mol. The number of hydrogen-bond donors (Lipinski definition) is 3. The van der Waals surface area contributed by atoms with E-state index in [4.69, 9.17) is 9.47 Å². The first-order valence-electron chi connectivity index (χ1n) is 16.7. The van der Waals surface area contributed by atoms with Crippen LogP contribution >= 0.6 is 0 Å². The first-order chi connectivity index (χ1) is 23.6. The zero-order chi connectivity index (χ0) is 34.8. The largest absolute Gasteiger partial charge is 0.497 e. The lowest BCUT2D eigenvalue weighted by atomic mass is 9.82. The Morgan fingerprint density at radius 1 is 0.980 bits per heavy atom.